The second kappa shape index (κ2) is 8.59. The number of rotatable bonds is 5. The van der Waals surface area contributed by atoms with Crippen LogP contribution in [-0.2, 0) is 4.74 Å². The van der Waals surface area contributed by atoms with Gasteiger partial charge >= 0.3 is 6.09 Å². The second-order valence-corrected chi connectivity index (χ2v) is 7.15. The third kappa shape index (κ3) is 5.11. The van der Waals surface area contributed by atoms with Crippen LogP contribution < -0.4 is 5.32 Å². The van der Waals surface area contributed by atoms with Gasteiger partial charge in [-0.3, -0.25) is 5.32 Å². The van der Waals surface area contributed by atoms with Crippen molar-refractivity contribution in [2.75, 3.05) is 25.5 Å². The van der Waals surface area contributed by atoms with E-state index in [1.54, 1.807) is 6.07 Å². The lowest BCUT2D eigenvalue weighted by molar-refractivity contribution is 0.147. The van der Waals surface area contributed by atoms with E-state index in [0.717, 1.165) is 19.4 Å². The Morgan fingerprint density at radius 1 is 1.37 bits per heavy atom. The molecule has 0 saturated carbocycles. The van der Waals surface area contributed by atoms with E-state index in [0.29, 0.717) is 34.5 Å². The number of ether oxygens (including phenoxy) is 1. The molecule has 1 amide bonds. The predicted molar refractivity (Wildman–Crippen MR) is 104 cm³/mol. The molecular formula is C20H22ClFN2O3. The van der Waals surface area contributed by atoms with Gasteiger partial charge in [-0.25, -0.2) is 9.18 Å². The molecule has 1 atom stereocenters. The Bertz CT molecular complexity index is 811. The number of phenols is 1. The van der Waals surface area contributed by atoms with Gasteiger partial charge in [0.1, 0.15) is 11.6 Å². The predicted octanol–water partition coefficient (Wildman–Crippen LogP) is 4.88. The van der Waals surface area contributed by atoms with Crippen LogP contribution >= 0.6 is 11.6 Å². The molecule has 0 bridgehead atoms. The average molecular weight is 393 g/mol. The van der Waals surface area contributed by atoms with Gasteiger partial charge in [0.05, 0.1) is 12.3 Å². The molecule has 27 heavy (non-hydrogen) atoms. The maximum Gasteiger partial charge on any atom is 0.411 e. The molecule has 5 nitrogen and oxygen atoms in total. The smallest absolute Gasteiger partial charge is 0.411 e. The molecule has 1 saturated heterocycles. The maximum absolute atomic E-state index is 13.7. The molecule has 2 aromatic carbocycles. The first kappa shape index (κ1) is 19.5. The first-order valence-electron chi connectivity index (χ1n) is 8.86. The summed E-state index contributed by atoms with van der Waals surface area (Å²) in [4.78, 5) is 14.4. The number of amides is 1. The molecule has 1 aliphatic heterocycles. The summed E-state index contributed by atoms with van der Waals surface area (Å²) in [7, 11) is 2.07. The Balaban J connectivity index is 1.68. The Morgan fingerprint density at radius 3 is 2.89 bits per heavy atom. The number of aromatic hydroxyl groups is 1. The van der Waals surface area contributed by atoms with Crippen molar-refractivity contribution in [2.45, 2.75) is 25.3 Å². The summed E-state index contributed by atoms with van der Waals surface area (Å²) in [6.07, 6.45) is 2.46. The molecule has 7 heteroatoms. The van der Waals surface area contributed by atoms with Gasteiger partial charge in [0.2, 0.25) is 0 Å². The lowest BCUT2D eigenvalue weighted by Crippen LogP contribution is -2.27. The first-order valence-corrected chi connectivity index (χ1v) is 9.23. The largest absolute Gasteiger partial charge is 0.508 e. The van der Waals surface area contributed by atoms with E-state index in [9.17, 15) is 14.3 Å². The highest BCUT2D eigenvalue weighted by Gasteiger charge is 2.21. The Labute approximate surface area is 162 Å². The zero-order chi connectivity index (χ0) is 19.4. The SMILES string of the molecule is CN1CCCC1CCOC(=O)Nc1ccc(F)cc1-c1cc(O)cc(Cl)c1. The summed E-state index contributed by atoms with van der Waals surface area (Å²) in [6, 6.07) is 8.83. The third-order valence-corrected chi connectivity index (χ3v) is 4.99. The van der Waals surface area contributed by atoms with E-state index < -0.39 is 11.9 Å². The summed E-state index contributed by atoms with van der Waals surface area (Å²) in [6.45, 7) is 1.39. The van der Waals surface area contributed by atoms with Crippen molar-refractivity contribution >= 4 is 23.4 Å². The lowest BCUT2D eigenvalue weighted by Gasteiger charge is -2.19. The first-order chi connectivity index (χ1) is 12.9. The van der Waals surface area contributed by atoms with Gasteiger partial charge in [-0.2, -0.15) is 0 Å². The highest BCUT2D eigenvalue weighted by atomic mass is 35.5. The number of hydrogen-bond donors (Lipinski definition) is 2. The fourth-order valence-electron chi connectivity index (χ4n) is 3.37. The van der Waals surface area contributed by atoms with Crippen LogP contribution in [0.15, 0.2) is 36.4 Å². The topological polar surface area (TPSA) is 61.8 Å². The van der Waals surface area contributed by atoms with Gasteiger partial charge in [-0.1, -0.05) is 11.6 Å². The van der Waals surface area contributed by atoms with Crippen molar-refractivity contribution in [3.05, 3.63) is 47.2 Å². The van der Waals surface area contributed by atoms with Crippen LogP contribution in [0.25, 0.3) is 11.1 Å². The molecule has 144 valence electrons. The zero-order valence-electron chi connectivity index (χ0n) is 15.0. The van der Waals surface area contributed by atoms with Gasteiger partial charge in [0.25, 0.3) is 0 Å². The third-order valence-electron chi connectivity index (χ3n) is 4.77. The summed E-state index contributed by atoms with van der Waals surface area (Å²) >= 11 is 5.97. The van der Waals surface area contributed by atoms with Crippen LogP contribution in [0, 0.1) is 5.82 Å². The van der Waals surface area contributed by atoms with Crippen molar-refractivity contribution in [3.63, 3.8) is 0 Å². The van der Waals surface area contributed by atoms with E-state index in [1.165, 1.54) is 36.8 Å². The average Bonchev–Trinajstić information content (AvgIpc) is 3.01. The molecule has 0 radical (unpaired) electrons. The van der Waals surface area contributed by atoms with E-state index in [1.807, 2.05) is 0 Å². The van der Waals surface area contributed by atoms with E-state index in [2.05, 4.69) is 17.3 Å². The van der Waals surface area contributed by atoms with Crippen molar-refractivity contribution < 1.29 is 19.0 Å². The summed E-state index contributed by atoms with van der Waals surface area (Å²) < 4.78 is 19.0. The fourth-order valence-corrected chi connectivity index (χ4v) is 3.60. The highest BCUT2D eigenvalue weighted by molar-refractivity contribution is 6.31. The number of likely N-dealkylation sites (tertiary alicyclic amines) is 1. The van der Waals surface area contributed by atoms with Crippen molar-refractivity contribution in [2.24, 2.45) is 0 Å². The standard InChI is InChI=1S/C20H22ClFN2O3/c1-24-7-2-3-16(24)6-8-27-20(26)23-19-5-4-15(22)12-18(19)13-9-14(21)11-17(25)10-13/h4-5,9-12,16,25H,2-3,6-8H2,1H3,(H,23,26). The van der Waals surface area contributed by atoms with Gasteiger partial charge in [0, 0.05) is 16.6 Å². The van der Waals surface area contributed by atoms with Crippen LogP contribution in [-0.4, -0.2) is 42.3 Å². The molecule has 0 spiro atoms. The highest BCUT2D eigenvalue weighted by Crippen LogP contribution is 2.33. The molecule has 1 heterocycles. The van der Waals surface area contributed by atoms with Crippen molar-refractivity contribution in [3.8, 4) is 16.9 Å². The number of carbonyl (C=O) groups is 1. The van der Waals surface area contributed by atoms with Gasteiger partial charge in [0.15, 0.2) is 0 Å². The van der Waals surface area contributed by atoms with Gasteiger partial charge < -0.3 is 14.7 Å². The number of benzene rings is 2. The van der Waals surface area contributed by atoms with Crippen molar-refractivity contribution in [1.82, 2.24) is 4.90 Å². The monoisotopic (exact) mass is 392 g/mol. The van der Waals surface area contributed by atoms with Crippen LogP contribution in [0.1, 0.15) is 19.3 Å². The maximum atomic E-state index is 13.7. The number of carbonyl (C=O) groups excluding carboxylic acids is 1. The number of nitrogens with zero attached hydrogens (tertiary/aromatic N) is 1. The molecule has 0 aliphatic carbocycles. The molecule has 2 aromatic rings. The van der Waals surface area contributed by atoms with Gasteiger partial charge in [-0.15, -0.1) is 0 Å². The minimum absolute atomic E-state index is 0.0454. The quantitative estimate of drug-likeness (QED) is 0.760. The van der Waals surface area contributed by atoms with Crippen LogP contribution in [0.5, 0.6) is 5.75 Å². The molecule has 2 N–H and O–H groups in total. The number of hydrogen-bond acceptors (Lipinski definition) is 4. The molecule has 3 rings (SSSR count). The summed E-state index contributed by atoms with van der Waals surface area (Å²) in [5.41, 5.74) is 1.27. The lowest BCUT2D eigenvalue weighted by atomic mass is 10.0. The van der Waals surface area contributed by atoms with E-state index in [4.69, 9.17) is 16.3 Å². The Kier molecular flexibility index (Phi) is 6.19. The van der Waals surface area contributed by atoms with E-state index in [-0.39, 0.29) is 5.75 Å². The molecule has 1 fully saturated rings. The van der Waals surface area contributed by atoms with Crippen molar-refractivity contribution in [1.29, 1.82) is 0 Å². The zero-order valence-corrected chi connectivity index (χ0v) is 15.8. The minimum Gasteiger partial charge on any atom is -0.508 e. The van der Waals surface area contributed by atoms with Gasteiger partial charge in [-0.05, 0) is 74.8 Å². The van der Waals surface area contributed by atoms with E-state index >= 15 is 0 Å². The summed E-state index contributed by atoms with van der Waals surface area (Å²) in [5, 5.41) is 12.7. The normalized spacial score (nSPS) is 17.1. The van der Waals surface area contributed by atoms with Crippen LogP contribution in [0.2, 0.25) is 5.02 Å². The molecule has 1 aliphatic rings. The van der Waals surface area contributed by atoms with Crippen LogP contribution in [0.4, 0.5) is 14.9 Å². The van der Waals surface area contributed by atoms with Crippen LogP contribution in [0.3, 0.4) is 0 Å². The number of halogens is 2. The fraction of sp³-hybridized carbons (Fsp3) is 0.350. The number of phenolic OH excluding ortho intramolecular Hbond substituents is 1. The Hall–Kier alpha value is -2.31. The summed E-state index contributed by atoms with van der Waals surface area (Å²) in [5.74, 6) is -0.511. The Morgan fingerprint density at radius 2 is 2.19 bits per heavy atom. The molecule has 0 aromatic heterocycles. The second-order valence-electron chi connectivity index (χ2n) is 6.71. The molecule has 1 unspecified atom stereocenters. The molecular weight excluding hydrogens is 371 g/mol. The number of anilines is 1. The minimum atomic E-state index is -0.602. The number of nitrogens with one attached hydrogen (secondary N) is 1.